The van der Waals surface area contributed by atoms with Gasteiger partial charge in [-0.05, 0) is 42.5 Å². The Morgan fingerprint density at radius 3 is 2.72 bits per heavy atom. The Balaban J connectivity index is 1.52. The molecule has 0 radical (unpaired) electrons. The third kappa shape index (κ3) is 2.62. The van der Waals surface area contributed by atoms with Crippen LogP contribution in [0.1, 0.15) is 38.2 Å². The average molecular weight is 338 g/mol. The van der Waals surface area contributed by atoms with Gasteiger partial charge in [-0.3, -0.25) is 9.69 Å². The molecule has 1 aromatic heterocycles. The van der Waals surface area contributed by atoms with Crippen molar-refractivity contribution in [3.63, 3.8) is 0 Å². The highest BCUT2D eigenvalue weighted by atomic mass is 16.2. The number of hydrogen-bond donors (Lipinski definition) is 1. The number of imide groups is 1. The van der Waals surface area contributed by atoms with Gasteiger partial charge < -0.3 is 5.32 Å². The topological polar surface area (TPSA) is 67.2 Å². The van der Waals surface area contributed by atoms with Gasteiger partial charge in [0.2, 0.25) is 0 Å². The SMILES string of the molecule is C[C@H]1CCCC[C@@]12NC(=O)N(Cc1ccc(-n3cccn3)cc1)C2=O. The van der Waals surface area contributed by atoms with Gasteiger partial charge in [0.05, 0.1) is 12.2 Å². The molecule has 6 heteroatoms. The van der Waals surface area contributed by atoms with Crippen LogP contribution in [-0.2, 0) is 11.3 Å². The van der Waals surface area contributed by atoms with Crippen LogP contribution in [0.4, 0.5) is 4.79 Å². The molecule has 4 rings (SSSR count). The van der Waals surface area contributed by atoms with E-state index in [1.807, 2.05) is 36.5 Å². The van der Waals surface area contributed by atoms with Crippen LogP contribution in [0.25, 0.3) is 5.69 Å². The summed E-state index contributed by atoms with van der Waals surface area (Å²) in [4.78, 5) is 26.8. The van der Waals surface area contributed by atoms with Gasteiger partial charge in [0.25, 0.3) is 5.91 Å². The Hall–Kier alpha value is -2.63. The maximum Gasteiger partial charge on any atom is 0.325 e. The molecule has 2 heterocycles. The number of aromatic nitrogens is 2. The molecule has 1 saturated carbocycles. The number of urea groups is 1. The van der Waals surface area contributed by atoms with Gasteiger partial charge >= 0.3 is 6.03 Å². The van der Waals surface area contributed by atoms with Crippen molar-refractivity contribution < 1.29 is 9.59 Å². The summed E-state index contributed by atoms with van der Waals surface area (Å²) >= 11 is 0. The van der Waals surface area contributed by atoms with Crippen LogP contribution in [-0.4, -0.2) is 32.2 Å². The summed E-state index contributed by atoms with van der Waals surface area (Å²) in [5.74, 6) is 0.116. The molecule has 25 heavy (non-hydrogen) atoms. The zero-order chi connectivity index (χ0) is 17.4. The van der Waals surface area contributed by atoms with E-state index < -0.39 is 5.54 Å². The number of nitrogens with zero attached hydrogens (tertiary/aromatic N) is 3. The van der Waals surface area contributed by atoms with Crippen molar-refractivity contribution in [1.82, 2.24) is 20.0 Å². The van der Waals surface area contributed by atoms with Gasteiger partial charge in [-0.1, -0.05) is 31.9 Å². The molecule has 2 aliphatic rings. The first-order valence-corrected chi connectivity index (χ1v) is 8.83. The third-order valence-electron chi connectivity index (χ3n) is 5.55. The molecule has 1 spiro atoms. The molecule has 2 fully saturated rings. The second-order valence-electron chi connectivity index (χ2n) is 7.06. The molecule has 1 N–H and O–H groups in total. The number of nitrogens with one attached hydrogen (secondary N) is 1. The lowest BCUT2D eigenvalue weighted by molar-refractivity contribution is -0.134. The van der Waals surface area contributed by atoms with E-state index >= 15 is 0 Å². The van der Waals surface area contributed by atoms with Gasteiger partial charge in [-0.25, -0.2) is 9.48 Å². The Labute approximate surface area is 146 Å². The summed E-state index contributed by atoms with van der Waals surface area (Å²) in [7, 11) is 0. The average Bonchev–Trinajstić information content (AvgIpc) is 3.22. The Morgan fingerprint density at radius 1 is 1.24 bits per heavy atom. The standard InChI is InChI=1S/C19H22N4O2/c1-14-5-2-3-10-19(14)17(24)22(18(25)21-19)13-15-6-8-16(9-7-15)23-12-4-11-20-23/h4,6-9,11-12,14H,2-3,5,10,13H2,1H3,(H,21,25)/t14-,19+/m0/s1. The van der Waals surface area contributed by atoms with E-state index in [1.54, 1.807) is 10.9 Å². The van der Waals surface area contributed by atoms with E-state index in [4.69, 9.17) is 0 Å². The van der Waals surface area contributed by atoms with Crippen LogP contribution in [0.5, 0.6) is 0 Å². The maximum absolute atomic E-state index is 13.0. The van der Waals surface area contributed by atoms with Crippen LogP contribution in [0.3, 0.4) is 0 Å². The fraction of sp³-hybridized carbons (Fsp3) is 0.421. The minimum absolute atomic E-state index is 0.0687. The van der Waals surface area contributed by atoms with Crippen molar-refractivity contribution in [3.05, 3.63) is 48.3 Å². The predicted octanol–water partition coefficient (Wildman–Crippen LogP) is 2.87. The number of amides is 3. The summed E-state index contributed by atoms with van der Waals surface area (Å²) in [6.07, 6.45) is 7.45. The van der Waals surface area contributed by atoms with E-state index in [9.17, 15) is 9.59 Å². The summed E-state index contributed by atoms with van der Waals surface area (Å²) in [6, 6.07) is 9.36. The molecule has 1 aliphatic heterocycles. The lowest BCUT2D eigenvalue weighted by Crippen LogP contribution is -2.53. The van der Waals surface area contributed by atoms with Crippen molar-refractivity contribution in [3.8, 4) is 5.69 Å². The summed E-state index contributed by atoms with van der Waals surface area (Å²) in [5, 5.41) is 7.19. The van der Waals surface area contributed by atoms with Gasteiger partial charge in [0.15, 0.2) is 0 Å². The van der Waals surface area contributed by atoms with Crippen LogP contribution in [0, 0.1) is 5.92 Å². The fourth-order valence-electron chi connectivity index (χ4n) is 4.00. The first-order chi connectivity index (χ1) is 12.1. The Bertz CT molecular complexity index is 784. The minimum Gasteiger partial charge on any atom is -0.323 e. The minimum atomic E-state index is -0.690. The molecule has 3 amide bonds. The smallest absolute Gasteiger partial charge is 0.323 e. The molecule has 6 nitrogen and oxygen atoms in total. The molecule has 0 bridgehead atoms. The Morgan fingerprint density at radius 2 is 2.04 bits per heavy atom. The first kappa shape index (κ1) is 15.9. The fourth-order valence-corrected chi connectivity index (χ4v) is 4.00. The molecular weight excluding hydrogens is 316 g/mol. The summed E-state index contributed by atoms with van der Waals surface area (Å²) in [6.45, 7) is 2.37. The Kier molecular flexibility index (Phi) is 3.82. The second kappa shape index (κ2) is 6.02. The van der Waals surface area contributed by atoms with E-state index in [2.05, 4.69) is 17.3 Å². The summed E-state index contributed by atoms with van der Waals surface area (Å²) < 4.78 is 1.77. The molecule has 0 unspecified atom stereocenters. The van der Waals surface area contributed by atoms with Gasteiger partial charge in [0.1, 0.15) is 5.54 Å². The van der Waals surface area contributed by atoms with Gasteiger partial charge in [-0.2, -0.15) is 5.10 Å². The zero-order valence-electron chi connectivity index (χ0n) is 14.3. The van der Waals surface area contributed by atoms with Gasteiger partial charge in [0, 0.05) is 12.4 Å². The highest BCUT2D eigenvalue weighted by Crippen LogP contribution is 2.38. The maximum atomic E-state index is 13.0. The van der Waals surface area contributed by atoms with E-state index in [0.29, 0.717) is 6.54 Å². The highest BCUT2D eigenvalue weighted by Gasteiger charge is 2.54. The number of carbonyl (C=O) groups excluding carboxylic acids is 2. The van der Waals surface area contributed by atoms with E-state index in [-0.39, 0.29) is 17.9 Å². The number of hydrogen-bond acceptors (Lipinski definition) is 3. The zero-order valence-corrected chi connectivity index (χ0v) is 14.3. The lowest BCUT2D eigenvalue weighted by Gasteiger charge is -2.36. The molecule has 2 atom stereocenters. The second-order valence-corrected chi connectivity index (χ2v) is 7.06. The first-order valence-electron chi connectivity index (χ1n) is 8.83. The van der Waals surface area contributed by atoms with Gasteiger partial charge in [-0.15, -0.1) is 0 Å². The predicted molar refractivity (Wildman–Crippen MR) is 93.0 cm³/mol. The van der Waals surface area contributed by atoms with Crippen molar-refractivity contribution in [2.45, 2.75) is 44.7 Å². The number of carbonyl (C=O) groups is 2. The van der Waals surface area contributed by atoms with Crippen LogP contribution in [0.15, 0.2) is 42.7 Å². The van der Waals surface area contributed by atoms with Crippen LogP contribution < -0.4 is 5.32 Å². The van der Waals surface area contributed by atoms with Crippen LogP contribution >= 0.6 is 0 Å². The van der Waals surface area contributed by atoms with Crippen molar-refractivity contribution in [2.24, 2.45) is 5.92 Å². The van der Waals surface area contributed by atoms with Crippen LogP contribution in [0.2, 0.25) is 0 Å². The molecule has 1 saturated heterocycles. The molecular formula is C19H22N4O2. The highest BCUT2D eigenvalue weighted by molar-refractivity contribution is 6.07. The monoisotopic (exact) mass is 338 g/mol. The van der Waals surface area contributed by atoms with Crippen molar-refractivity contribution in [2.75, 3.05) is 0 Å². The molecule has 1 aromatic carbocycles. The molecule has 1 aliphatic carbocycles. The normalized spacial score (nSPS) is 26.3. The third-order valence-corrected chi connectivity index (χ3v) is 5.55. The van der Waals surface area contributed by atoms with Crippen molar-refractivity contribution >= 4 is 11.9 Å². The quantitative estimate of drug-likeness (QED) is 0.875. The molecule has 130 valence electrons. The van der Waals surface area contributed by atoms with Crippen molar-refractivity contribution in [1.29, 1.82) is 0 Å². The largest absolute Gasteiger partial charge is 0.325 e. The molecule has 2 aromatic rings. The van der Waals surface area contributed by atoms with E-state index in [1.165, 1.54) is 4.90 Å². The number of rotatable bonds is 3. The summed E-state index contributed by atoms with van der Waals surface area (Å²) in [5.41, 5.74) is 1.19. The number of benzene rings is 1. The van der Waals surface area contributed by atoms with E-state index in [0.717, 1.165) is 36.9 Å². The lowest BCUT2D eigenvalue weighted by atomic mass is 9.73.